The van der Waals surface area contributed by atoms with Gasteiger partial charge in [0.05, 0.1) is 6.10 Å². The van der Waals surface area contributed by atoms with Gasteiger partial charge in [0.2, 0.25) is 0 Å². The first-order valence-electron chi connectivity index (χ1n) is 2.59. The van der Waals surface area contributed by atoms with Crippen molar-refractivity contribution in [2.45, 2.75) is 20.0 Å². The van der Waals surface area contributed by atoms with Crippen LogP contribution in [-0.4, -0.2) is 12.2 Å². The summed E-state index contributed by atoms with van der Waals surface area (Å²) in [5, 5.41) is 2.04. The molecule has 0 aliphatic rings. The summed E-state index contributed by atoms with van der Waals surface area (Å²) < 4.78 is 4.60. The number of rotatable bonds is 1. The molecular weight excluding hydrogens is 118 g/mol. The summed E-state index contributed by atoms with van der Waals surface area (Å²) in [4.78, 5) is 10.4. The SMILES string of the molecule is C#CNC(=O)OC(C)C. The second kappa shape index (κ2) is 3.79. The van der Waals surface area contributed by atoms with E-state index in [1.54, 1.807) is 13.8 Å². The van der Waals surface area contributed by atoms with Crippen molar-refractivity contribution in [3.63, 3.8) is 0 Å². The Hall–Kier alpha value is -1.17. The molecule has 50 valence electrons. The molecular formula is C6H9NO2. The highest BCUT2D eigenvalue weighted by atomic mass is 16.6. The molecule has 0 aromatic carbocycles. The summed E-state index contributed by atoms with van der Waals surface area (Å²) in [6, 6.07) is 1.95. The van der Waals surface area contributed by atoms with E-state index in [0.717, 1.165) is 0 Å². The molecule has 1 amide bonds. The van der Waals surface area contributed by atoms with Crippen LogP contribution >= 0.6 is 0 Å². The van der Waals surface area contributed by atoms with Gasteiger partial charge in [0, 0.05) is 6.04 Å². The summed E-state index contributed by atoms with van der Waals surface area (Å²) in [6.45, 7) is 3.49. The number of alkyl carbamates (subject to hydrolysis) is 1. The van der Waals surface area contributed by atoms with E-state index in [2.05, 4.69) is 4.74 Å². The highest BCUT2D eigenvalue weighted by Gasteiger charge is 1.99. The molecule has 1 N–H and O–H groups in total. The summed E-state index contributed by atoms with van der Waals surface area (Å²) in [5.41, 5.74) is 0. The van der Waals surface area contributed by atoms with Gasteiger partial charge < -0.3 is 4.74 Å². The van der Waals surface area contributed by atoms with Crippen LogP contribution in [0.5, 0.6) is 0 Å². The van der Waals surface area contributed by atoms with Crippen LogP contribution in [0.15, 0.2) is 0 Å². The second-order valence-electron chi connectivity index (χ2n) is 1.72. The van der Waals surface area contributed by atoms with Crippen molar-refractivity contribution in [3.8, 4) is 12.5 Å². The number of amides is 1. The predicted molar refractivity (Wildman–Crippen MR) is 33.6 cm³/mol. The molecule has 0 aliphatic heterocycles. The molecule has 0 bridgehead atoms. The zero-order valence-corrected chi connectivity index (χ0v) is 5.47. The predicted octanol–water partition coefficient (Wildman–Crippen LogP) is 0.712. The van der Waals surface area contributed by atoms with E-state index in [1.165, 1.54) is 0 Å². The molecule has 3 nitrogen and oxygen atoms in total. The van der Waals surface area contributed by atoms with E-state index in [1.807, 2.05) is 11.4 Å². The third-order valence-electron chi connectivity index (χ3n) is 0.517. The lowest BCUT2D eigenvalue weighted by atomic mass is 10.5. The maximum Gasteiger partial charge on any atom is 0.419 e. The third kappa shape index (κ3) is 4.69. The Labute approximate surface area is 54.4 Å². The van der Waals surface area contributed by atoms with E-state index < -0.39 is 6.09 Å². The lowest BCUT2D eigenvalue weighted by molar-refractivity contribution is 0.120. The summed E-state index contributed by atoms with van der Waals surface area (Å²) in [7, 11) is 0. The molecule has 9 heavy (non-hydrogen) atoms. The maximum absolute atomic E-state index is 10.4. The number of hydrogen-bond donors (Lipinski definition) is 1. The van der Waals surface area contributed by atoms with E-state index in [-0.39, 0.29) is 6.10 Å². The Kier molecular flexibility index (Phi) is 3.29. The molecule has 0 rings (SSSR count). The minimum atomic E-state index is -0.576. The van der Waals surface area contributed by atoms with Crippen molar-refractivity contribution in [2.75, 3.05) is 0 Å². The van der Waals surface area contributed by atoms with Crippen molar-refractivity contribution < 1.29 is 9.53 Å². The fourth-order valence-electron chi connectivity index (χ4n) is 0.302. The zero-order valence-electron chi connectivity index (χ0n) is 5.47. The normalized spacial score (nSPS) is 8.22. The van der Waals surface area contributed by atoms with Crippen LogP contribution in [0.2, 0.25) is 0 Å². The van der Waals surface area contributed by atoms with Crippen LogP contribution in [0, 0.1) is 12.5 Å². The average Bonchev–Trinajstić information content (AvgIpc) is 1.63. The van der Waals surface area contributed by atoms with Crippen molar-refractivity contribution >= 4 is 6.09 Å². The van der Waals surface area contributed by atoms with Crippen LogP contribution in [0.3, 0.4) is 0 Å². The molecule has 0 aromatic heterocycles. The first kappa shape index (κ1) is 7.83. The van der Waals surface area contributed by atoms with Gasteiger partial charge in [-0.25, -0.2) is 10.1 Å². The van der Waals surface area contributed by atoms with Crippen LogP contribution in [-0.2, 0) is 4.74 Å². The van der Waals surface area contributed by atoms with E-state index in [9.17, 15) is 4.79 Å². The minimum Gasteiger partial charge on any atom is -0.446 e. The molecule has 0 fully saturated rings. The van der Waals surface area contributed by atoms with Crippen molar-refractivity contribution in [3.05, 3.63) is 0 Å². The number of carbonyl (C=O) groups excluding carboxylic acids is 1. The standard InChI is InChI=1S/C6H9NO2/c1-4-7-6(8)9-5(2)3/h1,5H,2-3H3,(H,7,8). The van der Waals surface area contributed by atoms with Crippen LogP contribution in [0.4, 0.5) is 4.79 Å². The lowest BCUT2D eigenvalue weighted by Gasteiger charge is -2.04. The van der Waals surface area contributed by atoms with Gasteiger partial charge in [-0.05, 0) is 13.8 Å². The van der Waals surface area contributed by atoms with Gasteiger partial charge in [-0.2, -0.15) is 0 Å². The number of nitrogens with one attached hydrogen (secondary N) is 1. The number of ether oxygens (including phenoxy) is 1. The van der Waals surface area contributed by atoms with Crippen molar-refractivity contribution in [2.24, 2.45) is 0 Å². The number of terminal acetylenes is 1. The van der Waals surface area contributed by atoms with Crippen LogP contribution < -0.4 is 5.32 Å². The van der Waals surface area contributed by atoms with E-state index in [0.29, 0.717) is 0 Å². The molecule has 0 aromatic rings. The monoisotopic (exact) mass is 127 g/mol. The number of hydrogen-bond acceptors (Lipinski definition) is 2. The maximum atomic E-state index is 10.4. The van der Waals surface area contributed by atoms with Gasteiger partial charge in [-0.1, -0.05) is 6.42 Å². The molecule has 0 aliphatic carbocycles. The fourth-order valence-corrected chi connectivity index (χ4v) is 0.302. The smallest absolute Gasteiger partial charge is 0.419 e. The Morgan fingerprint density at radius 3 is 2.67 bits per heavy atom. The highest BCUT2D eigenvalue weighted by Crippen LogP contribution is 1.86. The Morgan fingerprint density at radius 1 is 1.78 bits per heavy atom. The first-order chi connectivity index (χ1) is 4.16. The van der Waals surface area contributed by atoms with Gasteiger partial charge in [-0.15, -0.1) is 0 Å². The molecule has 0 saturated carbocycles. The fraction of sp³-hybridized carbons (Fsp3) is 0.500. The van der Waals surface area contributed by atoms with E-state index >= 15 is 0 Å². The molecule has 0 heterocycles. The van der Waals surface area contributed by atoms with Gasteiger partial charge in [0.15, 0.2) is 0 Å². The molecule has 0 unspecified atom stereocenters. The first-order valence-corrected chi connectivity index (χ1v) is 2.59. The minimum absolute atomic E-state index is 0.127. The van der Waals surface area contributed by atoms with Crippen LogP contribution in [0.1, 0.15) is 13.8 Å². The van der Waals surface area contributed by atoms with Crippen molar-refractivity contribution in [1.82, 2.24) is 5.32 Å². The topological polar surface area (TPSA) is 38.3 Å². The Bertz CT molecular complexity index is 134. The largest absolute Gasteiger partial charge is 0.446 e. The summed E-state index contributed by atoms with van der Waals surface area (Å²) in [6.07, 6.45) is 4.04. The number of carbonyl (C=O) groups is 1. The van der Waals surface area contributed by atoms with Gasteiger partial charge >= 0.3 is 6.09 Å². The van der Waals surface area contributed by atoms with Crippen molar-refractivity contribution in [1.29, 1.82) is 0 Å². The van der Waals surface area contributed by atoms with Gasteiger partial charge in [-0.3, -0.25) is 0 Å². The lowest BCUT2D eigenvalue weighted by Crippen LogP contribution is -2.22. The highest BCUT2D eigenvalue weighted by molar-refractivity contribution is 5.69. The van der Waals surface area contributed by atoms with Gasteiger partial charge in [0.25, 0.3) is 0 Å². The quantitative estimate of drug-likeness (QED) is 0.416. The Balaban J connectivity index is 3.42. The zero-order chi connectivity index (χ0) is 7.28. The molecule has 3 heteroatoms. The average molecular weight is 127 g/mol. The molecule has 0 spiro atoms. The second-order valence-corrected chi connectivity index (χ2v) is 1.72. The van der Waals surface area contributed by atoms with Gasteiger partial charge in [0.1, 0.15) is 0 Å². The molecule has 0 saturated heterocycles. The molecule has 0 radical (unpaired) electrons. The summed E-state index contributed by atoms with van der Waals surface area (Å²) in [5.74, 6) is 0. The molecule has 0 atom stereocenters. The van der Waals surface area contributed by atoms with E-state index in [4.69, 9.17) is 6.42 Å². The third-order valence-corrected chi connectivity index (χ3v) is 0.517. The summed E-state index contributed by atoms with van der Waals surface area (Å²) >= 11 is 0. The van der Waals surface area contributed by atoms with Crippen LogP contribution in [0.25, 0.3) is 0 Å². The Morgan fingerprint density at radius 2 is 2.33 bits per heavy atom.